The van der Waals surface area contributed by atoms with Gasteiger partial charge >= 0.3 is 6.18 Å². The molecule has 66 valence electrons. The van der Waals surface area contributed by atoms with Gasteiger partial charge in [0.05, 0.1) is 11.3 Å². The van der Waals surface area contributed by atoms with Crippen LogP contribution in [-0.4, -0.2) is 4.98 Å². The maximum absolute atomic E-state index is 12.2. The molecule has 5 heteroatoms. The van der Waals surface area contributed by atoms with Crippen molar-refractivity contribution in [3.63, 3.8) is 0 Å². The molecule has 0 saturated heterocycles. The van der Waals surface area contributed by atoms with E-state index in [4.69, 9.17) is 5.73 Å². The highest BCUT2D eigenvalue weighted by molar-refractivity contribution is 5.49. The molecule has 0 atom stereocenters. The van der Waals surface area contributed by atoms with Crippen LogP contribution < -0.4 is 5.73 Å². The lowest BCUT2D eigenvalue weighted by atomic mass is 10.1. The molecule has 0 radical (unpaired) electrons. The van der Waals surface area contributed by atoms with E-state index in [9.17, 15) is 13.2 Å². The number of nitrogen functional groups attached to an aromatic ring is 1. The molecule has 1 aromatic rings. The SMILES string of the molecule is Cc1nccc(N)c1C(F)(F)F. The molecular weight excluding hydrogens is 169 g/mol. The van der Waals surface area contributed by atoms with Crippen LogP contribution in [0.5, 0.6) is 0 Å². The largest absolute Gasteiger partial charge is 0.420 e. The van der Waals surface area contributed by atoms with E-state index < -0.39 is 11.7 Å². The lowest BCUT2D eigenvalue weighted by molar-refractivity contribution is -0.137. The summed E-state index contributed by atoms with van der Waals surface area (Å²) in [4.78, 5) is 3.51. The van der Waals surface area contributed by atoms with Crippen molar-refractivity contribution in [1.29, 1.82) is 0 Å². The summed E-state index contributed by atoms with van der Waals surface area (Å²) in [6.07, 6.45) is -3.16. The van der Waals surface area contributed by atoms with Gasteiger partial charge in [-0.2, -0.15) is 13.2 Å². The number of alkyl halides is 3. The Kier molecular flexibility index (Phi) is 1.95. The first-order valence-corrected chi connectivity index (χ1v) is 3.21. The summed E-state index contributed by atoms with van der Waals surface area (Å²) in [7, 11) is 0. The molecule has 1 rings (SSSR count). The predicted molar refractivity (Wildman–Crippen MR) is 38.4 cm³/mol. The molecule has 0 aliphatic heterocycles. The van der Waals surface area contributed by atoms with Crippen LogP contribution in [0, 0.1) is 6.92 Å². The van der Waals surface area contributed by atoms with E-state index in [2.05, 4.69) is 4.98 Å². The van der Waals surface area contributed by atoms with Gasteiger partial charge in [-0.1, -0.05) is 0 Å². The normalized spacial score (nSPS) is 11.7. The Labute approximate surface area is 67.2 Å². The van der Waals surface area contributed by atoms with Gasteiger partial charge in [0.1, 0.15) is 0 Å². The molecule has 0 fully saturated rings. The van der Waals surface area contributed by atoms with E-state index in [1.807, 2.05) is 0 Å². The van der Waals surface area contributed by atoms with E-state index in [1.165, 1.54) is 13.1 Å². The van der Waals surface area contributed by atoms with Crippen molar-refractivity contribution in [1.82, 2.24) is 4.98 Å². The first kappa shape index (κ1) is 8.83. The van der Waals surface area contributed by atoms with Gasteiger partial charge in [-0.05, 0) is 13.0 Å². The topological polar surface area (TPSA) is 38.9 Å². The fourth-order valence-corrected chi connectivity index (χ4v) is 0.955. The first-order chi connectivity index (χ1) is 5.43. The van der Waals surface area contributed by atoms with Crippen LogP contribution in [0.2, 0.25) is 0 Å². The smallest absolute Gasteiger partial charge is 0.398 e. The summed E-state index contributed by atoms with van der Waals surface area (Å²) in [5.74, 6) is 0. The average Bonchev–Trinajstić information content (AvgIpc) is 1.82. The summed E-state index contributed by atoms with van der Waals surface area (Å²) in [6, 6.07) is 1.13. The zero-order valence-electron chi connectivity index (χ0n) is 6.31. The molecule has 0 aliphatic carbocycles. The summed E-state index contributed by atoms with van der Waals surface area (Å²) >= 11 is 0. The maximum Gasteiger partial charge on any atom is 0.420 e. The number of aromatic nitrogens is 1. The Bertz CT molecular complexity index is 273. The zero-order chi connectivity index (χ0) is 9.35. The van der Waals surface area contributed by atoms with Crippen molar-refractivity contribution in [2.75, 3.05) is 5.73 Å². The first-order valence-electron chi connectivity index (χ1n) is 3.21. The van der Waals surface area contributed by atoms with Crippen LogP contribution >= 0.6 is 0 Å². The number of pyridine rings is 1. The monoisotopic (exact) mass is 176 g/mol. The summed E-state index contributed by atoms with van der Waals surface area (Å²) < 4.78 is 36.6. The van der Waals surface area contributed by atoms with E-state index >= 15 is 0 Å². The number of hydrogen-bond donors (Lipinski definition) is 1. The Hall–Kier alpha value is -1.26. The molecule has 0 unspecified atom stereocenters. The number of halogens is 3. The molecule has 0 spiro atoms. The van der Waals surface area contributed by atoms with Crippen molar-refractivity contribution >= 4 is 5.69 Å². The second-order valence-corrected chi connectivity index (χ2v) is 2.36. The quantitative estimate of drug-likeness (QED) is 0.656. The Balaban J connectivity index is 3.31. The molecule has 0 saturated carbocycles. The lowest BCUT2D eigenvalue weighted by Crippen LogP contribution is -2.12. The highest BCUT2D eigenvalue weighted by Gasteiger charge is 2.35. The Morgan fingerprint density at radius 1 is 1.42 bits per heavy atom. The Morgan fingerprint density at radius 2 is 2.00 bits per heavy atom. The molecule has 0 aliphatic rings. The number of rotatable bonds is 0. The maximum atomic E-state index is 12.2. The third kappa shape index (κ3) is 1.49. The third-order valence-electron chi connectivity index (χ3n) is 1.46. The van der Waals surface area contributed by atoms with Crippen LogP contribution in [0.4, 0.5) is 18.9 Å². The summed E-state index contributed by atoms with van der Waals surface area (Å²) in [6.45, 7) is 1.28. The minimum absolute atomic E-state index is 0.0949. The molecular formula is C7H7F3N2. The van der Waals surface area contributed by atoms with Gasteiger partial charge in [-0.25, -0.2) is 0 Å². The van der Waals surface area contributed by atoms with Gasteiger partial charge in [0, 0.05) is 11.9 Å². The van der Waals surface area contributed by atoms with E-state index in [0.717, 1.165) is 6.07 Å². The van der Waals surface area contributed by atoms with Crippen molar-refractivity contribution in [3.8, 4) is 0 Å². The predicted octanol–water partition coefficient (Wildman–Crippen LogP) is 1.99. The molecule has 2 nitrogen and oxygen atoms in total. The van der Waals surface area contributed by atoms with Crippen LogP contribution in [0.1, 0.15) is 11.3 Å². The standard InChI is InChI=1S/C7H7F3N2/c1-4-6(7(8,9)10)5(11)2-3-12-4/h2-3H,1H3,(H2,11,12). The van der Waals surface area contributed by atoms with Gasteiger partial charge in [0.15, 0.2) is 0 Å². The number of anilines is 1. The molecule has 1 heterocycles. The van der Waals surface area contributed by atoms with Gasteiger partial charge in [-0.3, -0.25) is 4.98 Å². The van der Waals surface area contributed by atoms with Crippen LogP contribution in [0.15, 0.2) is 12.3 Å². The van der Waals surface area contributed by atoms with Crippen molar-refractivity contribution in [3.05, 3.63) is 23.5 Å². The summed E-state index contributed by atoms with van der Waals surface area (Å²) in [5.41, 5.74) is 3.93. The lowest BCUT2D eigenvalue weighted by Gasteiger charge is -2.10. The van der Waals surface area contributed by atoms with Gasteiger partial charge in [-0.15, -0.1) is 0 Å². The van der Waals surface area contributed by atoms with Gasteiger partial charge < -0.3 is 5.73 Å². The fraction of sp³-hybridized carbons (Fsp3) is 0.286. The minimum Gasteiger partial charge on any atom is -0.398 e. The Morgan fingerprint density at radius 3 is 2.33 bits per heavy atom. The molecule has 0 amide bonds. The van der Waals surface area contributed by atoms with E-state index in [0.29, 0.717) is 0 Å². The number of nitrogens with zero attached hydrogens (tertiary/aromatic N) is 1. The van der Waals surface area contributed by atoms with Crippen LogP contribution in [-0.2, 0) is 6.18 Å². The molecule has 12 heavy (non-hydrogen) atoms. The second-order valence-electron chi connectivity index (χ2n) is 2.36. The molecule has 0 aromatic carbocycles. The number of aryl methyl sites for hydroxylation is 1. The summed E-state index contributed by atoms with van der Waals surface area (Å²) in [5, 5.41) is 0. The number of hydrogen-bond acceptors (Lipinski definition) is 2. The van der Waals surface area contributed by atoms with Crippen LogP contribution in [0.3, 0.4) is 0 Å². The van der Waals surface area contributed by atoms with Crippen molar-refractivity contribution < 1.29 is 13.2 Å². The van der Waals surface area contributed by atoms with Crippen LogP contribution in [0.25, 0.3) is 0 Å². The zero-order valence-corrected chi connectivity index (χ0v) is 6.31. The molecule has 1 aromatic heterocycles. The van der Waals surface area contributed by atoms with E-state index in [-0.39, 0.29) is 11.4 Å². The molecule has 0 bridgehead atoms. The van der Waals surface area contributed by atoms with E-state index in [1.54, 1.807) is 0 Å². The van der Waals surface area contributed by atoms with Crippen molar-refractivity contribution in [2.45, 2.75) is 13.1 Å². The molecule has 2 N–H and O–H groups in total. The highest BCUT2D eigenvalue weighted by atomic mass is 19.4. The highest BCUT2D eigenvalue weighted by Crippen LogP contribution is 2.34. The second kappa shape index (κ2) is 2.66. The van der Waals surface area contributed by atoms with Crippen molar-refractivity contribution in [2.24, 2.45) is 0 Å². The number of nitrogens with two attached hydrogens (primary N) is 1. The third-order valence-corrected chi connectivity index (χ3v) is 1.46. The van der Waals surface area contributed by atoms with Gasteiger partial charge in [0.25, 0.3) is 0 Å². The minimum atomic E-state index is -4.41. The fourth-order valence-electron chi connectivity index (χ4n) is 0.955. The van der Waals surface area contributed by atoms with Gasteiger partial charge in [0.2, 0.25) is 0 Å². The average molecular weight is 176 g/mol.